The van der Waals surface area contributed by atoms with Crippen LogP contribution in [0, 0.1) is 0 Å². The molecule has 4 heteroatoms. The third-order valence-corrected chi connectivity index (χ3v) is 1.70. The van der Waals surface area contributed by atoms with Crippen LogP contribution in [0.15, 0.2) is 24.2 Å². The third-order valence-electron chi connectivity index (χ3n) is 1.70. The Kier molecular flexibility index (Phi) is 6.28. The second-order valence-corrected chi connectivity index (χ2v) is 2.64. The van der Waals surface area contributed by atoms with E-state index in [1.807, 2.05) is 0 Å². The molecule has 79 valence electrons. The molecule has 0 saturated heterocycles. The quantitative estimate of drug-likeness (QED) is 0.215. The summed E-state index contributed by atoms with van der Waals surface area (Å²) in [4.78, 5) is 11.1. The Morgan fingerprint density at radius 2 is 2.00 bits per heavy atom. The molecule has 0 saturated carbocycles. The van der Waals surface area contributed by atoms with Gasteiger partial charge in [0.1, 0.15) is 5.57 Å². The van der Waals surface area contributed by atoms with Gasteiger partial charge >= 0.3 is 11.9 Å². The Balaban J connectivity index is 4.41. The first-order valence-corrected chi connectivity index (χ1v) is 4.30. The summed E-state index contributed by atoms with van der Waals surface area (Å²) in [6.07, 6.45) is 3.51. The molecule has 0 aromatic carbocycles. The summed E-state index contributed by atoms with van der Waals surface area (Å²) in [7, 11) is 2.47. The van der Waals surface area contributed by atoms with Crippen molar-refractivity contribution in [3.63, 3.8) is 0 Å². The van der Waals surface area contributed by atoms with E-state index in [9.17, 15) is 9.90 Å². The molecule has 0 aliphatic heterocycles. The molecule has 0 spiro atoms. The largest absolute Gasteiger partial charge is 0.465 e. The van der Waals surface area contributed by atoms with Crippen molar-refractivity contribution in [1.29, 1.82) is 0 Å². The molecule has 0 aliphatic rings. The highest BCUT2D eigenvalue weighted by molar-refractivity contribution is 5.88. The topological polar surface area (TPSA) is 55.4 Å². The van der Waals surface area contributed by atoms with Gasteiger partial charge < -0.3 is 9.47 Å². The van der Waals surface area contributed by atoms with Crippen molar-refractivity contribution in [3.05, 3.63) is 24.2 Å². The third kappa shape index (κ3) is 3.98. The van der Waals surface area contributed by atoms with E-state index in [0.29, 0.717) is 12.8 Å². The zero-order valence-corrected chi connectivity index (χ0v) is 8.54. The van der Waals surface area contributed by atoms with Gasteiger partial charge in [0.25, 0.3) is 0 Å². The van der Waals surface area contributed by atoms with Gasteiger partial charge in [0.05, 0.1) is 14.2 Å². The molecule has 0 atom stereocenters. The van der Waals surface area contributed by atoms with Gasteiger partial charge in [-0.15, -0.1) is 6.58 Å². The summed E-state index contributed by atoms with van der Waals surface area (Å²) >= 11 is 0. The second-order valence-electron chi connectivity index (χ2n) is 2.64. The van der Waals surface area contributed by atoms with Crippen LogP contribution in [-0.4, -0.2) is 20.2 Å². The molecule has 0 N–H and O–H groups in total. The Hall–Kier alpha value is -1.45. The maximum Gasteiger partial charge on any atom is 0.341 e. The molecule has 14 heavy (non-hydrogen) atoms. The van der Waals surface area contributed by atoms with Crippen LogP contribution in [-0.2, 0) is 19.4 Å². The Labute approximate surface area is 83.8 Å². The minimum absolute atomic E-state index is 0.0526. The summed E-state index contributed by atoms with van der Waals surface area (Å²) < 4.78 is 8.93. The zero-order chi connectivity index (χ0) is 11.0. The number of hydrogen-bond acceptors (Lipinski definition) is 3. The standard InChI is InChI=1S/C10H15O4/c1-4-5-6-7-8(9(11)13-2)10(12)14-3/h4H,1,5-7H2,2-3H3. The molecular formula is C10H15O4. The summed E-state index contributed by atoms with van der Waals surface area (Å²) in [6, 6.07) is 0. The minimum Gasteiger partial charge on any atom is -0.465 e. The number of ether oxygens (including phenoxy) is 2. The lowest BCUT2D eigenvalue weighted by atomic mass is 10.1. The summed E-state index contributed by atoms with van der Waals surface area (Å²) in [5, 5.41) is 11.1. The number of allylic oxidation sites excluding steroid dienone is 1. The molecule has 0 amide bonds. The van der Waals surface area contributed by atoms with Crippen LogP contribution < -0.4 is 0 Å². The summed E-state index contributed by atoms with van der Waals surface area (Å²) in [6.45, 7) is 3.55. The average molecular weight is 199 g/mol. The van der Waals surface area contributed by atoms with Crippen LogP contribution in [0.4, 0.5) is 0 Å². The fourth-order valence-electron chi connectivity index (χ4n) is 0.957. The van der Waals surface area contributed by atoms with Crippen molar-refractivity contribution in [2.45, 2.75) is 19.3 Å². The molecule has 4 nitrogen and oxygen atoms in total. The Bertz CT molecular complexity index is 230. The van der Waals surface area contributed by atoms with Crippen LogP contribution in [0.25, 0.3) is 0 Å². The van der Waals surface area contributed by atoms with E-state index in [1.54, 1.807) is 6.08 Å². The fraction of sp³-hybridized carbons (Fsp3) is 0.500. The van der Waals surface area contributed by atoms with Gasteiger partial charge in [-0.1, -0.05) is 6.08 Å². The molecule has 1 radical (unpaired) electrons. The van der Waals surface area contributed by atoms with Crippen LogP contribution in [0.2, 0.25) is 0 Å². The van der Waals surface area contributed by atoms with Gasteiger partial charge in [0, 0.05) is 0 Å². The maximum absolute atomic E-state index is 11.1. The number of rotatable bonds is 6. The summed E-state index contributed by atoms with van der Waals surface area (Å²) in [5.41, 5.74) is 0.0526. The number of methoxy groups -OCH3 is 2. The van der Waals surface area contributed by atoms with E-state index >= 15 is 0 Å². The van der Waals surface area contributed by atoms with Crippen molar-refractivity contribution in [2.24, 2.45) is 0 Å². The van der Waals surface area contributed by atoms with Gasteiger partial charge in [-0.3, -0.25) is 0 Å². The molecule has 0 bridgehead atoms. The van der Waals surface area contributed by atoms with Crippen LogP contribution in [0.3, 0.4) is 0 Å². The Morgan fingerprint density at radius 3 is 2.43 bits per heavy atom. The maximum atomic E-state index is 11.1. The average Bonchev–Trinajstić information content (AvgIpc) is 2.22. The van der Waals surface area contributed by atoms with Gasteiger partial charge in [-0.2, -0.15) is 0 Å². The number of unbranched alkanes of at least 4 members (excludes halogenated alkanes) is 1. The van der Waals surface area contributed by atoms with Crippen molar-refractivity contribution in [3.8, 4) is 0 Å². The molecule has 0 rings (SSSR count). The van der Waals surface area contributed by atoms with E-state index in [2.05, 4.69) is 16.1 Å². The highest BCUT2D eigenvalue weighted by Gasteiger charge is 2.17. The molecule has 0 aromatic heterocycles. The van der Waals surface area contributed by atoms with Gasteiger partial charge in [-0.25, -0.2) is 9.90 Å². The number of carbonyl (C=O) groups excluding carboxylic acids is 1. The first-order valence-electron chi connectivity index (χ1n) is 4.30. The lowest BCUT2D eigenvalue weighted by Gasteiger charge is -2.04. The van der Waals surface area contributed by atoms with Gasteiger partial charge in [0.2, 0.25) is 0 Å². The fourth-order valence-corrected chi connectivity index (χ4v) is 0.957. The first kappa shape index (κ1) is 12.6. The van der Waals surface area contributed by atoms with Gasteiger partial charge in [0.15, 0.2) is 0 Å². The van der Waals surface area contributed by atoms with E-state index in [4.69, 9.17) is 0 Å². The second kappa shape index (κ2) is 7.00. The predicted molar refractivity (Wildman–Crippen MR) is 50.8 cm³/mol. The van der Waals surface area contributed by atoms with Crippen molar-refractivity contribution in [2.75, 3.05) is 14.2 Å². The number of esters is 1. The van der Waals surface area contributed by atoms with Gasteiger partial charge in [-0.05, 0) is 19.3 Å². The van der Waals surface area contributed by atoms with E-state index in [0.717, 1.165) is 6.42 Å². The van der Waals surface area contributed by atoms with E-state index < -0.39 is 11.9 Å². The van der Waals surface area contributed by atoms with Crippen LogP contribution >= 0.6 is 0 Å². The molecule has 0 heterocycles. The lowest BCUT2D eigenvalue weighted by molar-refractivity contribution is -0.137. The molecular weight excluding hydrogens is 184 g/mol. The molecule has 0 aromatic rings. The van der Waals surface area contributed by atoms with E-state index in [1.165, 1.54) is 14.2 Å². The minimum atomic E-state index is -0.624. The van der Waals surface area contributed by atoms with Crippen molar-refractivity contribution >= 4 is 5.97 Å². The van der Waals surface area contributed by atoms with Crippen molar-refractivity contribution in [1.82, 2.24) is 0 Å². The lowest BCUT2D eigenvalue weighted by Crippen LogP contribution is -2.08. The summed E-state index contributed by atoms with van der Waals surface area (Å²) in [5.74, 6) is -1.25. The van der Waals surface area contributed by atoms with E-state index in [-0.39, 0.29) is 5.57 Å². The molecule has 0 fully saturated rings. The smallest absolute Gasteiger partial charge is 0.341 e. The number of hydrogen-bond donors (Lipinski definition) is 0. The normalized spacial score (nSPS) is 11.6. The van der Waals surface area contributed by atoms with Crippen molar-refractivity contribution < 1.29 is 19.4 Å². The van der Waals surface area contributed by atoms with Crippen LogP contribution in [0.1, 0.15) is 19.3 Å². The zero-order valence-electron chi connectivity index (χ0n) is 8.54. The Morgan fingerprint density at radius 1 is 1.36 bits per heavy atom. The molecule has 0 aliphatic carbocycles. The highest BCUT2D eigenvalue weighted by Crippen LogP contribution is 2.13. The monoisotopic (exact) mass is 199 g/mol. The number of carbonyl (C=O) groups is 1. The van der Waals surface area contributed by atoms with Crippen LogP contribution in [0.5, 0.6) is 0 Å². The first-order chi connectivity index (χ1) is 6.67. The predicted octanol–water partition coefficient (Wildman–Crippen LogP) is 1.80. The highest BCUT2D eigenvalue weighted by atomic mass is 16.6. The molecule has 0 unspecified atom stereocenters. The SMILES string of the molecule is C=CCCCC(C(=O)OC)=C([O])OC.